The van der Waals surface area contributed by atoms with Crippen LogP contribution in [0, 0.1) is 17.2 Å². The van der Waals surface area contributed by atoms with Gasteiger partial charge in [0.2, 0.25) is 0 Å². The third kappa shape index (κ3) is 3.56. The van der Waals surface area contributed by atoms with Crippen LogP contribution in [0.4, 0.5) is 5.69 Å². The van der Waals surface area contributed by atoms with Crippen LogP contribution in [0.15, 0.2) is 24.3 Å². The van der Waals surface area contributed by atoms with Crippen molar-refractivity contribution in [2.75, 3.05) is 32.1 Å². The van der Waals surface area contributed by atoms with Gasteiger partial charge < -0.3 is 10.2 Å². The average Bonchev–Trinajstić information content (AvgIpc) is 2.29. The fourth-order valence-corrected chi connectivity index (χ4v) is 1.80. The van der Waals surface area contributed by atoms with Gasteiger partial charge in [-0.05, 0) is 37.7 Å². The first-order chi connectivity index (χ1) is 7.67. The normalized spacial score (nSPS) is 11.9. The molecule has 0 aliphatic carbocycles. The second-order valence-corrected chi connectivity index (χ2v) is 4.21. The van der Waals surface area contributed by atoms with E-state index in [0.717, 1.165) is 18.8 Å². The number of nitriles is 1. The highest BCUT2D eigenvalue weighted by Crippen LogP contribution is 2.15. The van der Waals surface area contributed by atoms with Crippen molar-refractivity contribution in [3.05, 3.63) is 29.8 Å². The van der Waals surface area contributed by atoms with E-state index in [1.54, 1.807) is 0 Å². The molecule has 0 saturated carbocycles. The molecule has 1 rings (SSSR count). The molecule has 86 valence electrons. The van der Waals surface area contributed by atoms with Gasteiger partial charge in [0.15, 0.2) is 0 Å². The minimum atomic E-state index is 0.584. The van der Waals surface area contributed by atoms with Crippen molar-refractivity contribution in [2.24, 2.45) is 5.92 Å². The number of hydrogen-bond donors (Lipinski definition) is 1. The van der Waals surface area contributed by atoms with Crippen LogP contribution in [0.3, 0.4) is 0 Å². The Morgan fingerprint density at radius 1 is 1.50 bits per heavy atom. The minimum Gasteiger partial charge on any atom is -0.374 e. The van der Waals surface area contributed by atoms with Gasteiger partial charge in [-0.3, -0.25) is 0 Å². The summed E-state index contributed by atoms with van der Waals surface area (Å²) < 4.78 is 0. The lowest BCUT2D eigenvalue weighted by molar-refractivity contribution is 0.542. The van der Waals surface area contributed by atoms with Crippen LogP contribution in [0.25, 0.3) is 0 Å². The van der Waals surface area contributed by atoms with Crippen molar-refractivity contribution < 1.29 is 0 Å². The molecule has 0 radical (unpaired) electrons. The van der Waals surface area contributed by atoms with Crippen LogP contribution < -0.4 is 10.2 Å². The Balaban J connectivity index is 2.65. The first kappa shape index (κ1) is 12.5. The van der Waals surface area contributed by atoms with E-state index in [2.05, 4.69) is 30.3 Å². The second-order valence-electron chi connectivity index (χ2n) is 4.21. The van der Waals surface area contributed by atoms with Crippen molar-refractivity contribution in [1.29, 1.82) is 5.26 Å². The quantitative estimate of drug-likeness (QED) is 0.818. The molecular weight excluding hydrogens is 198 g/mol. The summed E-state index contributed by atoms with van der Waals surface area (Å²) in [4.78, 5) is 2.18. The van der Waals surface area contributed by atoms with E-state index in [-0.39, 0.29) is 0 Å². The SMILES string of the molecule is CNCC(C)CN(C)c1cccc(C#N)c1. The molecule has 1 aromatic rings. The smallest absolute Gasteiger partial charge is 0.0992 e. The Hall–Kier alpha value is -1.53. The fourth-order valence-electron chi connectivity index (χ4n) is 1.80. The monoisotopic (exact) mass is 217 g/mol. The first-order valence-corrected chi connectivity index (χ1v) is 5.53. The molecule has 0 amide bonds. The zero-order chi connectivity index (χ0) is 12.0. The summed E-state index contributed by atoms with van der Waals surface area (Å²) in [7, 11) is 4.02. The van der Waals surface area contributed by atoms with Crippen LogP contribution in [0.2, 0.25) is 0 Å². The van der Waals surface area contributed by atoms with Crippen LogP contribution in [-0.4, -0.2) is 27.2 Å². The summed E-state index contributed by atoms with van der Waals surface area (Å²) in [6, 6.07) is 9.87. The topological polar surface area (TPSA) is 39.1 Å². The molecule has 0 spiro atoms. The average molecular weight is 217 g/mol. The number of anilines is 1. The Bertz CT molecular complexity index is 368. The van der Waals surface area contributed by atoms with Gasteiger partial charge in [0, 0.05) is 19.3 Å². The number of hydrogen-bond acceptors (Lipinski definition) is 3. The molecule has 0 saturated heterocycles. The summed E-state index contributed by atoms with van der Waals surface area (Å²) in [6.07, 6.45) is 0. The largest absolute Gasteiger partial charge is 0.374 e. The fraction of sp³-hybridized carbons (Fsp3) is 0.462. The molecule has 1 atom stereocenters. The lowest BCUT2D eigenvalue weighted by Crippen LogP contribution is -2.29. The Morgan fingerprint density at radius 3 is 2.88 bits per heavy atom. The molecule has 3 nitrogen and oxygen atoms in total. The standard InChI is InChI=1S/C13H19N3/c1-11(9-15-2)10-16(3)13-6-4-5-12(7-13)8-14/h4-7,11,15H,9-10H2,1-3H3. The summed E-state index contributed by atoms with van der Waals surface area (Å²) in [5.41, 5.74) is 1.81. The van der Waals surface area contributed by atoms with E-state index in [9.17, 15) is 0 Å². The van der Waals surface area contributed by atoms with Gasteiger partial charge in [0.1, 0.15) is 0 Å². The molecule has 0 bridgehead atoms. The summed E-state index contributed by atoms with van der Waals surface area (Å²) in [5, 5.41) is 12.0. The van der Waals surface area contributed by atoms with E-state index < -0.39 is 0 Å². The summed E-state index contributed by atoms with van der Waals surface area (Å²) in [6.45, 7) is 4.19. The highest BCUT2D eigenvalue weighted by molar-refractivity contribution is 5.50. The van der Waals surface area contributed by atoms with Crippen LogP contribution in [0.1, 0.15) is 12.5 Å². The van der Waals surface area contributed by atoms with E-state index in [4.69, 9.17) is 5.26 Å². The molecule has 0 aliphatic rings. The van der Waals surface area contributed by atoms with Crippen molar-refractivity contribution in [1.82, 2.24) is 5.32 Å². The molecule has 16 heavy (non-hydrogen) atoms. The maximum absolute atomic E-state index is 8.83. The predicted octanol–water partition coefficient (Wildman–Crippen LogP) is 1.85. The van der Waals surface area contributed by atoms with Gasteiger partial charge >= 0.3 is 0 Å². The van der Waals surface area contributed by atoms with Gasteiger partial charge in [-0.1, -0.05) is 13.0 Å². The van der Waals surface area contributed by atoms with Gasteiger partial charge in [0.05, 0.1) is 11.6 Å². The zero-order valence-electron chi connectivity index (χ0n) is 10.2. The van der Waals surface area contributed by atoms with E-state index >= 15 is 0 Å². The Labute approximate surface area is 97.7 Å². The Kier molecular flexibility index (Phi) is 4.81. The maximum Gasteiger partial charge on any atom is 0.0992 e. The molecule has 0 aromatic heterocycles. The molecule has 0 heterocycles. The van der Waals surface area contributed by atoms with E-state index in [1.165, 1.54) is 0 Å². The first-order valence-electron chi connectivity index (χ1n) is 5.53. The molecule has 3 heteroatoms. The van der Waals surface area contributed by atoms with Crippen LogP contribution >= 0.6 is 0 Å². The number of benzene rings is 1. The highest BCUT2D eigenvalue weighted by atomic mass is 15.1. The Morgan fingerprint density at radius 2 is 2.25 bits per heavy atom. The van der Waals surface area contributed by atoms with E-state index in [1.807, 2.05) is 31.3 Å². The number of nitrogens with zero attached hydrogens (tertiary/aromatic N) is 2. The summed E-state index contributed by atoms with van der Waals surface area (Å²) in [5.74, 6) is 0.584. The number of nitrogens with one attached hydrogen (secondary N) is 1. The maximum atomic E-state index is 8.83. The van der Waals surface area contributed by atoms with Gasteiger partial charge in [-0.2, -0.15) is 5.26 Å². The van der Waals surface area contributed by atoms with Gasteiger partial charge in [0.25, 0.3) is 0 Å². The molecule has 0 aliphatic heterocycles. The third-order valence-electron chi connectivity index (χ3n) is 2.55. The molecule has 1 N–H and O–H groups in total. The predicted molar refractivity (Wildman–Crippen MR) is 67.5 cm³/mol. The lowest BCUT2D eigenvalue weighted by Gasteiger charge is -2.23. The van der Waals surface area contributed by atoms with Crippen molar-refractivity contribution in [3.8, 4) is 6.07 Å². The lowest BCUT2D eigenvalue weighted by atomic mass is 10.1. The molecule has 1 unspecified atom stereocenters. The summed E-state index contributed by atoms with van der Waals surface area (Å²) >= 11 is 0. The van der Waals surface area contributed by atoms with Crippen molar-refractivity contribution >= 4 is 5.69 Å². The minimum absolute atomic E-state index is 0.584. The molecule has 0 fully saturated rings. The van der Waals surface area contributed by atoms with Crippen molar-refractivity contribution in [2.45, 2.75) is 6.92 Å². The third-order valence-corrected chi connectivity index (χ3v) is 2.55. The second kappa shape index (κ2) is 6.14. The molecule has 1 aromatic carbocycles. The van der Waals surface area contributed by atoms with Crippen LogP contribution in [0.5, 0.6) is 0 Å². The van der Waals surface area contributed by atoms with E-state index in [0.29, 0.717) is 11.5 Å². The highest BCUT2D eigenvalue weighted by Gasteiger charge is 2.06. The number of rotatable bonds is 5. The van der Waals surface area contributed by atoms with Crippen molar-refractivity contribution in [3.63, 3.8) is 0 Å². The van der Waals surface area contributed by atoms with Crippen LogP contribution in [-0.2, 0) is 0 Å². The van der Waals surface area contributed by atoms with Gasteiger partial charge in [-0.25, -0.2) is 0 Å². The van der Waals surface area contributed by atoms with Gasteiger partial charge in [-0.15, -0.1) is 0 Å². The molecular formula is C13H19N3. The zero-order valence-corrected chi connectivity index (χ0v) is 10.2.